The molecule has 0 fully saturated rings. The number of amides is 2. The van der Waals surface area contributed by atoms with E-state index < -0.39 is 24.4 Å². The van der Waals surface area contributed by atoms with E-state index in [2.05, 4.69) is 10.9 Å². The molecule has 0 saturated carbocycles. The Balaban J connectivity index is 1.59. The zero-order chi connectivity index (χ0) is 20.8. The lowest BCUT2D eigenvalue weighted by atomic mass is 10.1. The summed E-state index contributed by atoms with van der Waals surface area (Å²) >= 11 is 5.92. The molecule has 7 nitrogen and oxygen atoms in total. The van der Waals surface area contributed by atoms with Gasteiger partial charge in [0.05, 0.1) is 17.7 Å². The Morgan fingerprint density at radius 3 is 2.24 bits per heavy atom. The number of hydrogen-bond acceptors (Lipinski definition) is 5. The number of carbonyl (C=O) groups excluding carboxylic acids is 3. The Hall–Kier alpha value is -3.58. The zero-order valence-electron chi connectivity index (χ0n) is 15.4. The summed E-state index contributed by atoms with van der Waals surface area (Å²) in [6.07, 6.45) is 0. The highest BCUT2D eigenvalue weighted by atomic mass is 35.5. The number of nitrogens with one attached hydrogen (secondary N) is 2. The van der Waals surface area contributed by atoms with Crippen molar-refractivity contribution < 1.29 is 23.9 Å². The highest BCUT2D eigenvalue weighted by Gasteiger charge is 2.17. The van der Waals surface area contributed by atoms with Crippen molar-refractivity contribution in [1.82, 2.24) is 10.9 Å². The molecule has 0 radical (unpaired) electrons. The Kier molecular flexibility index (Phi) is 6.31. The number of hydrazine groups is 1. The summed E-state index contributed by atoms with van der Waals surface area (Å²) in [4.78, 5) is 36.3. The molecule has 0 atom stereocenters. The molecule has 2 N–H and O–H groups in total. The summed E-state index contributed by atoms with van der Waals surface area (Å²) in [5.41, 5.74) is 4.77. The largest absolute Gasteiger partial charge is 0.496 e. The lowest BCUT2D eigenvalue weighted by Crippen LogP contribution is -2.43. The van der Waals surface area contributed by atoms with Crippen LogP contribution < -0.4 is 15.6 Å². The van der Waals surface area contributed by atoms with Gasteiger partial charge in [0.1, 0.15) is 11.3 Å². The maximum atomic E-state index is 12.4. The lowest BCUT2D eigenvalue weighted by Gasteiger charge is -2.11. The van der Waals surface area contributed by atoms with Gasteiger partial charge in [-0.05, 0) is 35.0 Å². The molecule has 3 rings (SSSR count). The van der Waals surface area contributed by atoms with E-state index in [1.807, 2.05) is 24.3 Å². The van der Waals surface area contributed by atoms with Gasteiger partial charge in [-0.15, -0.1) is 0 Å². The maximum Gasteiger partial charge on any atom is 0.342 e. The van der Waals surface area contributed by atoms with Gasteiger partial charge in [0.25, 0.3) is 11.8 Å². The average molecular weight is 413 g/mol. The zero-order valence-corrected chi connectivity index (χ0v) is 16.2. The van der Waals surface area contributed by atoms with Crippen LogP contribution in [0.25, 0.3) is 10.8 Å². The van der Waals surface area contributed by atoms with Crippen LogP contribution in [0.5, 0.6) is 5.75 Å². The van der Waals surface area contributed by atoms with Crippen molar-refractivity contribution in [2.24, 2.45) is 0 Å². The summed E-state index contributed by atoms with van der Waals surface area (Å²) in [5.74, 6) is -1.69. The summed E-state index contributed by atoms with van der Waals surface area (Å²) in [7, 11) is 1.44. The molecule has 0 aliphatic carbocycles. The number of esters is 1. The first-order valence-electron chi connectivity index (χ1n) is 8.57. The van der Waals surface area contributed by atoms with Gasteiger partial charge in [0.15, 0.2) is 6.61 Å². The number of fused-ring (bicyclic) bond motifs is 1. The molecule has 0 spiro atoms. The van der Waals surface area contributed by atoms with Gasteiger partial charge in [-0.25, -0.2) is 4.79 Å². The molecule has 0 aromatic heterocycles. The molecular formula is C21H17ClN2O5. The van der Waals surface area contributed by atoms with Crippen molar-refractivity contribution in [2.75, 3.05) is 13.7 Å². The molecule has 8 heteroatoms. The standard InChI is InChI=1S/C21H17ClN2O5/c1-28-18-11-14-7-3-2-6-13(14)10-16(18)21(27)29-12-19(25)23-24-20(26)15-8-4-5-9-17(15)22/h2-11H,12H2,1H3,(H,23,25)(H,24,26). The first kappa shape index (κ1) is 20.2. The molecule has 0 unspecified atom stereocenters. The summed E-state index contributed by atoms with van der Waals surface area (Å²) < 4.78 is 10.3. The van der Waals surface area contributed by atoms with E-state index in [-0.39, 0.29) is 16.1 Å². The number of hydrogen-bond donors (Lipinski definition) is 2. The molecule has 0 aliphatic rings. The van der Waals surface area contributed by atoms with Crippen LogP contribution in [-0.4, -0.2) is 31.5 Å². The highest BCUT2D eigenvalue weighted by Crippen LogP contribution is 2.26. The van der Waals surface area contributed by atoms with Gasteiger partial charge in [-0.2, -0.15) is 0 Å². The van der Waals surface area contributed by atoms with Crippen molar-refractivity contribution in [2.45, 2.75) is 0 Å². The number of benzene rings is 3. The second-order valence-corrected chi connectivity index (χ2v) is 6.37. The van der Waals surface area contributed by atoms with Crippen molar-refractivity contribution in [3.8, 4) is 5.75 Å². The van der Waals surface area contributed by atoms with E-state index in [0.717, 1.165) is 10.8 Å². The van der Waals surface area contributed by atoms with Gasteiger partial charge < -0.3 is 9.47 Å². The van der Waals surface area contributed by atoms with Crippen LogP contribution in [0.2, 0.25) is 5.02 Å². The van der Waals surface area contributed by atoms with Crippen LogP contribution in [-0.2, 0) is 9.53 Å². The fourth-order valence-corrected chi connectivity index (χ4v) is 2.85. The predicted molar refractivity (Wildman–Crippen MR) is 108 cm³/mol. The van der Waals surface area contributed by atoms with Crippen LogP contribution in [0.4, 0.5) is 0 Å². The third-order valence-corrected chi connectivity index (χ3v) is 4.39. The second-order valence-electron chi connectivity index (χ2n) is 5.96. The topological polar surface area (TPSA) is 93.7 Å². The Labute approximate surface area is 171 Å². The molecule has 0 bridgehead atoms. The van der Waals surface area contributed by atoms with Crippen molar-refractivity contribution in [3.63, 3.8) is 0 Å². The van der Waals surface area contributed by atoms with E-state index in [0.29, 0.717) is 5.75 Å². The van der Waals surface area contributed by atoms with Crippen LogP contribution in [0, 0.1) is 0 Å². The number of rotatable bonds is 5. The summed E-state index contributed by atoms with van der Waals surface area (Å²) in [5, 5.41) is 1.98. The SMILES string of the molecule is COc1cc2ccccc2cc1C(=O)OCC(=O)NNC(=O)c1ccccc1Cl. The second kappa shape index (κ2) is 9.07. The van der Waals surface area contributed by atoms with Gasteiger partial charge in [-0.1, -0.05) is 48.0 Å². The fourth-order valence-electron chi connectivity index (χ4n) is 2.63. The van der Waals surface area contributed by atoms with Crippen LogP contribution >= 0.6 is 11.6 Å². The maximum absolute atomic E-state index is 12.4. The normalized spacial score (nSPS) is 10.3. The lowest BCUT2D eigenvalue weighted by molar-refractivity contribution is -0.125. The van der Waals surface area contributed by atoms with E-state index in [1.54, 1.807) is 30.3 Å². The van der Waals surface area contributed by atoms with E-state index >= 15 is 0 Å². The Bertz CT molecular complexity index is 1080. The molecule has 3 aromatic rings. The van der Waals surface area contributed by atoms with Gasteiger partial charge in [-0.3, -0.25) is 20.4 Å². The molecule has 2 amide bonds. The van der Waals surface area contributed by atoms with Crippen LogP contribution in [0.3, 0.4) is 0 Å². The molecule has 0 aliphatic heterocycles. The molecule has 29 heavy (non-hydrogen) atoms. The van der Waals surface area contributed by atoms with Crippen molar-refractivity contribution >= 4 is 40.2 Å². The fraction of sp³-hybridized carbons (Fsp3) is 0.0952. The van der Waals surface area contributed by atoms with Crippen molar-refractivity contribution in [3.05, 3.63) is 76.8 Å². The van der Waals surface area contributed by atoms with Gasteiger partial charge >= 0.3 is 5.97 Å². The first-order chi connectivity index (χ1) is 14.0. The Morgan fingerprint density at radius 2 is 1.55 bits per heavy atom. The van der Waals surface area contributed by atoms with E-state index in [9.17, 15) is 14.4 Å². The van der Waals surface area contributed by atoms with Gasteiger partial charge in [0.2, 0.25) is 0 Å². The smallest absolute Gasteiger partial charge is 0.342 e. The third-order valence-electron chi connectivity index (χ3n) is 4.06. The van der Waals surface area contributed by atoms with E-state index in [4.69, 9.17) is 21.1 Å². The third kappa shape index (κ3) is 4.83. The van der Waals surface area contributed by atoms with Crippen LogP contribution in [0.1, 0.15) is 20.7 Å². The highest BCUT2D eigenvalue weighted by molar-refractivity contribution is 6.33. The predicted octanol–water partition coefficient (Wildman–Crippen LogP) is 3.12. The molecular weight excluding hydrogens is 396 g/mol. The minimum atomic E-state index is -0.722. The first-order valence-corrected chi connectivity index (χ1v) is 8.95. The quantitative estimate of drug-likeness (QED) is 0.496. The number of ether oxygens (including phenoxy) is 2. The van der Waals surface area contributed by atoms with Gasteiger partial charge in [0, 0.05) is 0 Å². The minimum absolute atomic E-state index is 0.194. The molecule has 148 valence electrons. The molecule has 0 saturated heterocycles. The Morgan fingerprint density at radius 1 is 0.897 bits per heavy atom. The monoisotopic (exact) mass is 412 g/mol. The number of carbonyl (C=O) groups is 3. The summed E-state index contributed by atoms with van der Waals surface area (Å²) in [6.45, 7) is -0.586. The van der Waals surface area contributed by atoms with E-state index in [1.165, 1.54) is 13.2 Å². The molecule has 3 aromatic carbocycles. The summed E-state index contributed by atoms with van der Waals surface area (Å²) in [6, 6.07) is 17.2. The molecule has 0 heterocycles. The van der Waals surface area contributed by atoms with Crippen LogP contribution in [0.15, 0.2) is 60.7 Å². The van der Waals surface area contributed by atoms with Crippen molar-refractivity contribution in [1.29, 1.82) is 0 Å². The minimum Gasteiger partial charge on any atom is -0.496 e. The number of halogens is 1. The number of methoxy groups -OCH3 is 1. The average Bonchev–Trinajstić information content (AvgIpc) is 2.75.